The summed E-state index contributed by atoms with van der Waals surface area (Å²) in [5.41, 5.74) is 7.06. The third-order valence-electron chi connectivity index (χ3n) is 2.85. The van der Waals surface area contributed by atoms with Gasteiger partial charge in [-0.05, 0) is 24.1 Å². The standard InChI is InChI=1S/C11H16N2O3S/c1-16-11-7-9(8-12)3-4-10(11)13-5-2-6-17(13,14)15/h3-4,7H,2,5-6,8,12H2,1H3. The van der Waals surface area contributed by atoms with Crippen LogP contribution in [-0.4, -0.2) is 27.8 Å². The summed E-state index contributed by atoms with van der Waals surface area (Å²) in [6, 6.07) is 5.36. The lowest BCUT2D eigenvalue weighted by molar-refractivity contribution is 0.415. The van der Waals surface area contributed by atoms with Crippen LogP contribution in [0.4, 0.5) is 5.69 Å². The van der Waals surface area contributed by atoms with E-state index in [4.69, 9.17) is 10.5 Å². The third kappa shape index (κ3) is 2.23. The molecule has 1 aromatic carbocycles. The molecule has 0 radical (unpaired) electrons. The number of hydrogen-bond acceptors (Lipinski definition) is 4. The van der Waals surface area contributed by atoms with Gasteiger partial charge in [0.25, 0.3) is 0 Å². The molecule has 0 bridgehead atoms. The molecule has 0 amide bonds. The molecule has 5 nitrogen and oxygen atoms in total. The highest BCUT2D eigenvalue weighted by Gasteiger charge is 2.30. The topological polar surface area (TPSA) is 72.6 Å². The average molecular weight is 256 g/mol. The summed E-state index contributed by atoms with van der Waals surface area (Å²) in [5.74, 6) is 0.757. The third-order valence-corrected chi connectivity index (χ3v) is 4.70. The molecule has 1 aliphatic rings. The summed E-state index contributed by atoms with van der Waals surface area (Å²) in [5, 5.41) is 0. The van der Waals surface area contributed by atoms with Crippen LogP contribution >= 0.6 is 0 Å². The first-order chi connectivity index (χ1) is 8.08. The molecule has 6 heteroatoms. The molecule has 0 aliphatic carbocycles. The maximum atomic E-state index is 11.8. The Kier molecular flexibility index (Phi) is 3.26. The molecule has 0 atom stereocenters. The number of nitrogens with zero attached hydrogens (tertiary/aromatic N) is 1. The average Bonchev–Trinajstić information content (AvgIpc) is 2.68. The molecular formula is C11H16N2O3S. The Balaban J connectivity index is 2.45. The van der Waals surface area contributed by atoms with E-state index >= 15 is 0 Å². The molecule has 0 saturated carbocycles. The minimum atomic E-state index is -3.17. The summed E-state index contributed by atoms with van der Waals surface area (Å²) in [4.78, 5) is 0. The second-order valence-corrected chi connectivity index (χ2v) is 5.96. The van der Waals surface area contributed by atoms with E-state index in [9.17, 15) is 8.42 Å². The Morgan fingerprint density at radius 2 is 2.24 bits per heavy atom. The van der Waals surface area contributed by atoms with E-state index < -0.39 is 10.0 Å². The number of ether oxygens (including phenoxy) is 1. The number of rotatable bonds is 3. The van der Waals surface area contributed by atoms with Crippen molar-refractivity contribution in [3.63, 3.8) is 0 Å². The van der Waals surface area contributed by atoms with Crippen LogP contribution in [0.15, 0.2) is 18.2 Å². The summed E-state index contributed by atoms with van der Waals surface area (Å²) in [6.45, 7) is 0.921. The zero-order chi connectivity index (χ0) is 12.5. The number of hydrogen-bond donors (Lipinski definition) is 1. The van der Waals surface area contributed by atoms with Crippen LogP contribution in [0.25, 0.3) is 0 Å². The first kappa shape index (κ1) is 12.2. The molecule has 0 unspecified atom stereocenters. The minimum absolute atomic E-state index is 0.203. The fraction of sp³-hybridized carbons (Fsp3) is 0.455. The van der Waals surface area contributed by atoms with Crippen molar-refractivity contribution in [1.82, 2.24) is 0 Å². The highest BCUT2D eigenvalue weighted by atomic mass is 32.2. The lowest BCUT2D eigenvalue weighted by Gasteiger charge is -2.20. The zero-order valence-corrected chi connectivity index (χ0v) is 10.5. The van der Waals surface area contributed by atoms with Gasteiger partial charge in [-0.25, -0.2) is 8.42 Å². The molecule has 1 aromatic rings. The molecule has 1 aliphatic heterocycles. The van der Waals surface area contributed by atoms with Crippen LogP contribution < -0.4 is 14.8 Å². The monoisotopic (exact) mass is 256 g/mol. The smallest absolute Gasteiger partial charge is 0.235 e. The second kappa shape index (κ2) is 4.54. The van der Waals surface area contributed by atoms with Gasteiger partial charge in [-0.1, -0.05) is 6.07 Å². The highest BCUT2D eigenvalue weighted by molar-refractivity contribution is 7.93. The molecular weight excluding hydrogens is 240 g/mol. The Hall–Kier alpha value is -1.27. The van der Waals surface area contributed by atoms with Crippen LogP contribution in [0.3, 0.4) is 0 Å². The first-order valence-electron chi connectivity index (χ1n) is 5.46. The molecule has 17 heavy (non-hydrogen) atoms. The summed E-state index contributed by atoms with van der Waals surface area (Å²) < 4.78 is 30.3. The van der Waals surface area contributed by atoms with Crippen LogP contribution in [0.5, 0.6) is 5.75 Å². The molecule has 1 fully saturated rings. The quantitative estimate of drug-likeness (QED) is 0.863. The summed E-state index contributed by atoms with van der Waals surface area (Å²) >= 11 is 0. The van der Waals surface area contributed by atoms with Crippen LogP contribution in [0.2, 0.25) is 0 Å². The van der Waals surface area contributed by atoms with Gasteiger partial charge in [0.05, 0.1) is 18.6 Å². The van der Waals surface area contributed by atoms with E-state index in [0.717, 1.165) is 5.56 Å². The second-order valence-electron chi connectivity index (χ2n) is 3.95. The fourth-order valence-electron chi connectivity index (χ4n) is 1.97. The molecule has 94 valence electrons. The van der Waals surface area contributed by atoms with Crippen molar-refractivity contribution in [3.05, 3.63) is 23.8 Å². The number of sulfonamides is 1. The van der Waals surface area contributed by atoms with Gasteiger partial charge < -0.3 is 10.5 Å². The van der Waals surface area contributed by atoms with Gasteiger partial charge in [0, 0.05) is 13.1 Å². The fourth-order valence-corrected chi connectivity index (χ4v) is 3.54. The van der Waals surface area contributed by atoms with Crippen molar-refractivity contribution >= 4 is 15.7 Å². The van der Waals surface area contributed by atoms with Gasteiger partial charge in [0.2, 0.25) is 10.0 Å². The van der Waals surface area contributed by atoms with Crippen LogP contribution in [0.1, 0.15) is 12.0 Å². The lowest BCUT2D eigenvalue weighted by atomic mass is 10.2. The van der Waals surface area contributed by atoms with Crippen molar-refractivity contribution in [1.29, 1.82) is 0 Å². The SMILES string of the molecule is COc1cc(CN)ccc1N1CCCS1(=O)=O. The van der Waals surface area contributed by atoms with E-state index in [1.807, 2.05) is 6.07 Å². The molecule has 1 heterocycles. The van der Waals surface area contributed by atoms with Crippen LogP contribution in [-0.2, 0) is 16.6 Å². The van der Waals surface area contributed by atoms with Gasteiger partial charge >= 0.3 is 0 Å². The summed E-state index contributed by atoms with van der Waals surface area (Å²) in [7, 11) is -1.64. The predicted molar refractivity (Wildman–Crippen MR) is 66.6 cm³/mol. The number of methoxy groups -OCH3 is 1. The zero-order valence-electron chi connectivity index (χ0n) is 9.72. The highest BCUT2D eigenvalue weighted by Crippen LogP contribution is 2.33. The van der Waals surface area contributed by atoms with E-state index in [0.29, 0.717) is 30.9 Å². The Morgan fingerprint density at radius 3 is 2.76 bits per heavy atom. The van der Waals surface area contributed by atoms with Gasteiger partial charge in [-0.2, -0.15) is 0 Å². The van der Waals surface area contributed by atoms with Gasteiger partial charge in [-0.15, -0.1) is 0 Å². The lowest BCUT2D eigenvalue weighted by Crippen LogP contribution is -2.25. The molecule has 1 saturated heterocycles. The van der Waals surface area contributed by atoms with E-state index in [-0.39, 0.29) is 5.75 Å². The Bertz CT molecular complexity index is 513. The maximum Gasteiger partial charge on any atom is 0.235 e. The minimum Gasteiger partial charge on any atom is -0.495 e. The van der Waals surface area contributed by atoms with Crippen molar-refractivity contribution in [3.8, 4) is 5.75 Å². The van der Waals surface area contributed by atoms with Gasteiger partial charge in [0.15, 0.2) is 0 Å². The number of benzene rings is 1. The Morgan fingerprint density at radius 1 is 1.47 bits per heavy atom. The van der Waals surface area contributed by atoms with Gasteiger partial charge in [0.1, 0.15) is 5.75 Å². The van der Waals surface area contributed by atoms with E-state index in [1.54, 1.807) is 12.1 Å². The largest absolute Gasteiger partial charge is 0.495 e. The Labute approximate surface area is 101 Å². The van der Waals surface area contributed by atoms with Crippen molar-refractivity contribution in [2.24, 2.45) is 5.73 Å². The molecule has 0 aromatic heterocycles. The molecule has 0 spiro atoms. The van der Waals surface area contributed by atoms with E-state index in [2.05, 4.69) is 0 Å². The summed E-state index contributed by atoms with van der Waals surface area (Å²) in [6.07, 6.45) is 0.657. The van der Waals surface area contributed by atoms with Gasteiger partial charge in [-0.3, -0.25) is 4.31 Å². The van der Waals surface area contributed by atoms with Crippen molar-refractivity contribution in [2.75, 3.05) is 23.7 Å². The normalized spacial score (nSPS) is 18.4. The first-order valence-corrected chi connectivity index (χ1v) is 7.07. The molecule has 2 N–H and O–H groups in total. The number of nitrogens with two attached hydrogens (primary N) is 1. The van der Waals surface area contributed by atoms with Crippen molar-refractivity contribution < 1.29 is 13.2 Å². The van der Waals surface area contributed by atoms with Crippen molar-refractivity contribution in [2.45, 2.75) is 13.0 Å². The molecule has 2 rings (SSSR count). The van der Waals surface area contributed by atoms with Crippen LogP contribution in [0, 0.1) is 0 Å². The van der Waals surface area contributed by atoms with E-state index in [1.165, 1.54) is 11.4 Å². The predicted octanol–water partition coefficient (Wildman–Crippen LogP) is 0.694. The maximum absolute atomic E-state index is 11.8. The number of anilines is 1.